The molecule has 0 saturated heterocycles. The van der Waals surface area contributed by atoms with E-state index in [-0.39, 0.29) is 24.9 Å². The van der Waals surface area contributed by atoms with Crippen LogP contribution in [-0.4, -0.2) is 36.9 Å². The highest BCUT2D eigenvalue weighted by atomic mass is 16.2. The number of likely N-dealkylation sites (N-methyl/N-ethyl adjacent to an activating group) is 1. The Morgan fingerprint density at radius 2 is 1.34 bits per heavy atom. The third-order valence-electron chi connectivity index (χ3n) is 5.58. The van der Waals surface area contributed by atoms with Crippen molar-refractivity contribution in [3.8, 4) is 0 Å². The van der Waals surface area contributed by atoms with E-state index in [9.17, 15) is 9.59 Å². The van der Waals surface area contributed by atoms with Crippen LogP contribution in [-0.2, 0) is 22.7 Å². The molecule has 0 saturated carbocycles. The molecule has 32 heavy (non-hydrogen) atoms. The SMILES string of the molecule is Cc1cccc(NC(=O)C[NH+](C)CC(=O)N(Cc2ccccc2)Cc2ccccc2)c1C. The summed E-state index contributed by atoms with van der Waals surface area (Å²) in [5.74, 6) is -0.0728. The van der Waals surface area contributed by atoms with Gasteiger partial charge in [0.15, 0.2) is 13.1 Å². The molecule has 0 radical (unpaired) electrons. The predicted octanol–water partition coefficient (Wildman–Crippen LogP) is 2.99. The number of hydrogen-bond donors (Lipinski definition) is 2. The van der Waals surface area contributed by atoms with Crippen LogP contribution in [0.25, 0.3) is 0 Å². The molecule has 3 aromatic carbocycles. The van der Waals surface area contributed by atoms with Gasteiger partial charge in [-0.25, -0.2) is 0 Å². The molecular formula is C27H32N3O2+. The maximum Gasteiger partial charge on any atom is 0.279 e. The van der Waals surface area contributed by atoms with E-state index in [1.165, 1.54) is 0 Å². The minimum Gasteiger partial charge on any atom is -0.329 e. The van der Waals surface area contributed by atoms with E-state index in [0.29, 0.717) is 13.1 Å². The first kappa shape index (κ1) is 23.2. The van der Waals surface area contributed by atoms with Crippen LogP contribution in [0.1, 0.15) is 22.3 Å². The summed E-state index contributed by atoms with van der Waals surface area (Å²) in [7, 11) is 1.88. The molecule has 0 aliphatic carbocycles. The number of anilines is 1. The smallest absolute Gasteiger partial charge is 0.279 e. The Hall–Kier alpha value is -3.44. The molecule has 3 aromatic rings. The van der Waals surface area contributed by atoms with Crippen LogP contribution in [0, 0.1) is 13.8 Å². The molecule has 2 amide bonds. The predicted molar refractivity (Wildman–Crippen MR) is 128 cm³/mol. The number of nitrogens with zero attached hydrogens (tertiary/aromatic N) is 1. The highest BCUT2D eigenvalue weighted by Gasteiger charge is 2.21. The fourth-order valence-electron chi connectivity index (χ4n) is 3.63. The fraction of sp³-hybridized carbons (Fsp3) is 0.259. The molecule has 5 nitrogen and oxygen atoms in total. The lowest BCUT2D eigenvalue weighted by Crippen LogP contribution is -3.11. The standard InChI is InChI=1S/C27H31N3O2/c1-21-11-10-16-25(22(21)2)28-26(31)19-29(3)20-27(32)30(17-23-12-6-4-7-13-23)18-24-14-8-5-9-15-24/h4-16H,17-20H2,1-3H3,(H,28,31)/p+1. The molecule has 0 bridgehead atoms. The summed E-state index contributed by atoms with van der Waals surface area (Å²) in [6.07, 6.45) is 0. The number of carbonyl (C=O) groups excluding carboxylic acids is 2. The highest BCUT2D eigenvalue weighted by Crippen LogP contribution is 2.17. The van der Waals surface area contributed by atoms with Gasteiger partial charge in [-0.3, -0.25) is 9.59 Å². The van der Waals surface area contributed by atoms with Crippen LogP contribution in [0.15, 0.2) is 78.9 Å². The van der Waals surface area contributed by atoms with E-state index < -0.39 is 0 Å². The van der Waals surface area contributed by atoms with Gasteiger partial charge in [0.05, 0.1) is 7.05 Å². The molecule has 2 N–H and O–H groups in total. The molecule has 166 valence electrons. The van der Waals surface area contributed by atoms with Gasteiger partial charge in [0.1, 0.15) is 0 Å². The number of rotatable bonds is 9. The number of hydrogen-bond acceptors (Lipinski definition) is 2. The molecule has 0 aliphatic heterocycles. The minimum absolute atomic E-state index is 0.0229. The van der Waals surface area contributed by atoms with Crippen molar-refractivity contribution in [2.45, 2.75) is 26.9 Å². The van der Waals surface area contributed by atoms with Crippen LogP contribution in [0.4, 0.5) is 5.69 Å². The number of quaternary nitrogens is 1. The van der Waals surface area contributed by atoms with Crippen molar-refractivity contribution in [1.29, 1.82) is 0 Å². The lowest BCUT2D eigenvalue weighted by Gasteiger charge is -2.24. The first-order valence-electron chi connectivity index (χ1n) is 11.0. The zero-order chi connectivity index (χ0) is 22.9. The van der Waals surface area contributed by atoms with E-state index in [4.69, 9.17) is 0 Å². The molecule has 0 spiro atoms. The second-order valence-electron chi connectivity index (χ2n) is 8.33. The minimum atomic E-state index is -0.0957. The highest BCUT2D eigenvalue weighted by molar-refractivity contribution is 5.92. The number of nitrogens with one attached hydrogen (secondary N) is 2. The zero-order valence-electron chi connectivity index (χ0n) is 19.1. The first-order valence-corrected chi connectivity index (χ1v) is 11.0. The summed E-state index contributed by atoms with van der Waals surface area (Å²) in [6.45, 7) is 5.57. The van der Waals surface area contributed by atoms with Gasteiger partial charge in [-0.1, -0.05) is 72.8 Å². The van der Waals surface area contributed by atoms with E-state index in [0.717, 1.165) is 32.8 Å². The molecule has 1 unspecified atom stereocenters. The first-order chi connectivity index (χ1) is 15.4. The fourth-order valence-corrected chi connectivity index (χ4v) is 3.63. The summed E-state index contributed by atoms with van der Waals surface area (Å²) < 4.78 is 0. The molecule has 0 aliphatic rings. The molecule has 1 atom stereocenters. The van der Waals surface area contributed by atoms with Crippen molar-refractivity contribution in [2.24, 2.45) is 0 Å². The van der Waals surface area contributed by atoms with Crippen LogP contribution in [0.3, 0.4) is 0 Å². The van der Waals surface area contributed by atoms with E-state index in [2.05, 4.69) is 5.32 Å². The van der Waals surface area contributed by atoms with E-state index >= 15 is 0 Å². The van der Waals surface area contributed by atoms with Crippen molar-refractivity contribution in [3.63, 3.8) is 0 Å². The second-order valence-corrected chi connectivity index (χ2v) is 8.33. The van der Waals surface area contributed by atoms with E-state index in [1.807, 2.05) is 105 Å². The van der Waals surface area contributed by atoms with Gasteiger partial charge in [-0.2, -0.15) is 0 Å². The largest absolute Gasteiger partial charge is 0.329 e. The molecule has 0 aromatic heterocycles. The Labute approximate surface area is 190 Å². The van der Waals surface area contributed by atoms with Crippen LogP contribution < -0.4 is 10.2 Å². The number of aryl methyl sites for hydroxylation is 1. The summed E-state index contributed by atoms with van der Waals surface area (Å²) in [6, 6.07) is 25.8. The summed E-state index contributed by atoms with van der Waals surface area (Å²) >= 11 is 0. The zero-order valence-corrected chi connectivity index (χ0v) is 19.1. The van der Waals surface area contributed by atoms with Gasteiger partial charge >= 0.3 is 0 Å². The van der Waals surface area contributed by atoms with E-state index in [1.54, 1.807) is 0 Å². The monoisotopic (exact) mass is 430 g/mol. The topological polar surface area (TPSA) is 53.9 Å². The molecule has 5 heteroatoms. The Bertz CT molecular complexity index is 994. The number of amides is 2. The Kier molecular flexibility index (Phi) is 8.17. The lowest BCUT2D eigenvalue weighted by atomic mass is 10.1. The van der Waals surface area contributed by atoms with Gasteiger partial charge in [0.2, 0.25) is 0 Å². The quantitative estimate of drug-likeness (QED) is 0.548. The summed E-state index contributed by atoms with van der Waals surface area (Å²) in [5.41, 5.74) is 5.19. The average molecular weight is 431 g/mol. The summed E-state index contributed by atoms with van der Waals surface area (Å²) in [5, 5.41) is 2.98. The van der Waals surface area contributed by atoms with Gasteiger partial charge in [0, 0.05) is 18.8 Å². The van der Waals surface area contributed by atoms with Crippen LogP contribution in [0.5, 0.6) is 0 Å². The maximum atomic E-state index is 13.2. The molecule has 0 heterocycles. The van der Waals surface area contributed by atoms with Crippen LogP contribution in [0.2, 0.25) is 0 Å². The molecule has 3 rings (SSSR count). The lowest BCUT2D eigenvalue weighted by molar-refractivity contribution is -0.862. The maximum absolute atomic E-state index is 13.2. The van der Waals surface area contributed by atoms with Gasteiger partial charge in [0.25, 0.3) is 11.8 Å². The van der Waals surface area contributed by atoms with Crippen LogP contribution >= 0.6 is 0 Å². The average Bonchev–Trinajstić information content (AvgIpc) is 2.77. The van der Waals surface area contributed by atoms with Crippen molar-refractivity contribution in [3.05, 3.63) is 101 Å². The van der Waals surface area contributed by atoms with Gasteiger partial charge in [-0.05, 0) is 42.2 Å². The Morgan fingerprint density at radius 3 is 1.91 bits per heavy atom. The van der Waals surface area contributed by atoms with Crippen molar-refractivity contribution >= 4 is 17.5 Å². The van der Waals surface area contributed by atoms with Gasteiger partial charge < -0.3 is 15.1 Å². The number of carbonyl (C=O) groups is 2. The van der Waals surface area contributed by atoms with Crippen molar-refractivity contribution < 1.29 is 14.5 Å². The summed E-state index contributed by atoms with van der Waals surface area (Å²) in [4.78, 5) is 28.4. The second kappa shape index (κ2) is 11.3. The third kappa shape index (κ3) is 6.79. The van der Waals surface area contributed by atoms with Crippen molar-refractivity contribution in [2.75, 3.05) is 25.5 Å². The van der Waals surface area contributed by atoms with Gasteiger partial charge in [-0.15, -0.1) is 0 Å². The molecule has 0 fully saturated rings. The third-order valence-corrected chi connectivity index (χ3v) is 5.58. The Balaban J connectivity index is 1.62. The molecular weight excluding hydrogens is 398 g/mol. The number of benzene rings is 3. The normalized spacial score (nSPS) is 11.6. The Morgan fingerprint density at radius 1 is 0.781 bits per heavy atom. The van der Waals surface area contributed by atoms with Crippen molar-refractivity contribution in [1.82, 2.24) is 4.90 Å².